The van der Waals surface area contributed by atoms with Gasteiger partial charge in [0, 0.05) is 18.3 Å². The molecule has 0 spiro atoms. The SMILES string of the molecule is CC1Cc2ccccc2N1C(C)(C)C(=O)N1CCCC1C(=O)O. The van der Waals surface area contributed by atoms with Crippen molar-refractivity contribution in [3.63, 3.8) is 0 Å². The van der Waals surface area contributed by atoms with Crippen LogP contribution in [-0.4, -0.2) is 46.1 Å². The first-order valence-electron chi connectivity index (χ1n) is 8.25. The van der Waals surface area contributed by atoms with Crippen molar-refractivity contribution in [3.8, 4) is 0 Å². The van der Waals surface area contributed by atoms with Crippen LogP contribution >= 0.6 is 0 Å². The van der Waals surface area contributed by atoms with Gasteiger partial charge < -0.3 is 14.9 Å². The Bertz CT molecular complexity index is 641. The molecule has 2 aliphatic heterocycles. The van der Waals surface area contributed by atoms with Crippen LogP contribution in [0.5, 0.6) is 0 Å². The van der Waals surface area contributed by atoms with E-state index in [2.05, 4.69) is 17.9 Å². The highest BCUT2D eigenvalue weighted by Gasteiger charge is 2.46. The van der Waals surface area contributed by atoms with E-state index < -0.39 is 17.6 Å². The summed E-state index contributed by atoms with van der Waals surface area (Å²) in [6.07, 6.45) is 2.21. The van der Waals surface area contributed by atoms with Gasteiger partial charge in [-0.15, -0.1) is 0 Å². The average molecular weight is 316 g/mol. The molecule has 23 heavy (non-hydrogen) atoms. The molecule has 2 unspecified atom stereocenters. The zero-order valence-corrected chi connectivity index (χ0v) is 14.0. The molecule has 0 aliphatic carbocycles. The highest BCUT2D eigenvalue weighted by atomic mass is 16.4. The first-order valence-corrected chi connectivity index (χ1v) is 8.25. The fraction of sp³-hybridized carbons (Fsp3) is 0.556. The van der Waals surface area contributed by atoms with Crippen molar-refractivity contribution in [1.82, 2.24) is 4.90 Å². The molecule has 1 aromatic carbocycles. The number of aliphatic carboxylic acids is 1. The van der Waals surface area contributed by atoms with E-state index in [4.69, 9.17) is 0 Å². The molecule has 3 rings (SSSR count). The van der Waals surface area contributed by atoms with Crippen LogP contribution in [0.1, 0.15) is 39.2 Å². The molecule has 1 amide bonds. The molecule has 2 aliphatic rings. The normalized spacial score (nSPS) is 24.0. The van der Waals surface area contributed by atoms with E-state index in [9.17, 15) is 14.7 Å². The first kappa shape index (κ1) is 15.8. The van der Waals surface area contributed by atoms with Crippen LogP contribution < -0.4 is 4.90 Å². The van der Waals surface area contributed by atoms with Gasteiger partial charge in [-0.1, -0.05) is 18.2 Å². The number of nitrogens with zero attached hydrogens (tertiary/aromatic N) is 2. The lowest BCUT2D eigenvalue weighted by Crippen LogP contribution is -2.59. The molecule has 0 aromatic heterocycles. The number of benzene rings is 1. The molecule has 1 aromatic rings. The number of carbonyl (C=O) groups excluding carboxylic acids is 1. The third-order valence-electron chi connectivity index (χ3n) is 5.13. The number of hydrogen-bond acceptors (Lipinski definition) is 3. The van der Waals surface area contributed by atoms with Gasteiger partial charge in [-0.3, -0.25) is 4.79 Å². The molecular weight excluding hydrogens is 292 g/mol. The quantitative estimate of drug-likeness (QED) is 0.929. The van der Waals surface area contributed by atoms with E-state index in [1.54, 1.807) is 4.90 Å². The van der Waals surface area contributed by atoms with E-state index in [1.165, 1.54) is 5.56 Å². The van der Waals surface area contributed by atoms with E-state index >= 15 is 0 Å². The van der Waals surface area contributed by atoms with Crippen LogP contribution in [0.15, 0.2) is 24.3 Å². The third-order valence-corrected chi connectivity index (χ3v) is 5.13. The fourth-order valence-electron chi connectivity index (χ4n) is 4.14. The lowest BCUT2D eigenvalue weighted by Gasteiger charge is -2.42. The van der Waals surface area contributed by atoms with E-state index in [0.29, 0.717) is 13.0 Å². The molecular formula is C18H24N2O3. The summed E-state index contributed by atoms with van der Waals surface area (Å²) >= 11 is 0. The maximum absolute atomic E-state index is 13.1. The van der Waals surface area contributed by atoms with E-state index in [-0.39, 0.29) is 11.9 Å². The topological polar surface area (TPSA) is 60.9 Å². The van der Waals surface area contributed by atoms with Crippen LogP contribution in [-0.2, 0) is 16.0 Å². The maximum atomic E-state index is 13.1. The van der Waals surface area contributed by atoms with E-state index in [1.807, 2.05) is 32.0 Å². The number of hydrogen-bond donors (Lipinski definition) is 1. The van der Waals surface area contributed by atoms with Gasteiger partial charge in [0.1, 0.15) is 11.6 Å². The van der Waals surface area contributed by atoms with Crippen molar-refractivity contribution >= 4 is 17.6 Å². The molecule has 1 fully saturated rings. The van der Waals surface area contributed by atoms with Gasteiger partial charge in [0.2, 0.25) is 5.91 Å². The van der Waals surface area contributed by atoms with Crippen LogP contribution in [0, 0.1) is 0 Å². The largest absolute Gasteiger partial charge is 0.480 e. The highest BCUT2D eigenvalue weighted by Crippen LogP contribution is 2.38. The predicted molar refractivity (Wildman–Crippen MR) is 88.5 cm³/mol. The van der Waals surface area contributed by atoms with Crippen molar-refractivity contribution in [3.05, 3.63) is 29.8 Å². The molecule has 5 heteroatoms. The van der Waals surface area contributed by atoms with Crippen LogP contribution in [0.4, 0.5) is 5.69 Å². The van der Waals surface area contributed by atoms with Crippen molar-refractivity contribution in [2.24, 2.45) is 0 Å². The summed E-state index contributed by atoms with van der Waals surface area (Å²) in [7, 11) is 0. The van der Waals surface area contributed by atoms with Crippen LogP contribution in [0.3, 0.4) is 0 Å². The number of amides is 1. The zero-order valence-electron chi connectivity index (χ0n) is 14.0. The Labute approximate surface area is 136 Å². The van der Waals surface area contributed by atoms with Gasteiger partial charge in [-0.05, 0) is 51.7 Å². The molecule has 124 valence electrons. The zero-order chi connectivity index (χ0) is 16.8. The van der Waals surface area contributed by atoms with Gasteiger partial charge in [0.15, 0.2) is 0 Å². The number of para-hydroxylation sites is 1. The van der Waals surface area contributed by atoms with Crippen LogP contribution in [0.2, 0.25) is 0 Å². The predicted octanol–water partition coefficient (Wildman–Crippen LogP) is 2.29. The Morgan fingerprint density at radius 1 is 1.26 bits per heavy atom. The number of carboxylic acids is 1. The summed E-state index contributed by atoms with van der Waals surface area (Å²) in [5.41, 5.74) is 1.57. The monoisotopic (exact) mass is 316 g/mol. The lowest BCUT2D eigenvalue weighted by molar-refractivity contribution is -0.150. The van der Waals surface area contributed by atoms with Gasteiger partial charge >= 0.3 is 5.97 Å². The molecule has 0 radical (unpaired) electrons. The average Bonchev–Trinajstić information content (AvgIpc) is 3.09. The minimum Gasteiger partial charge on any atom is -0.480 e. The van der Waals surface area contributed by atoms with Crippen molar-refractivity contribution < 1.29 is 14.7 Å². The minimum atomic E-state index is -0.901. The number of anilines is 1. The van der Waals surface area contributed by atoms with Crippen molar-refractivity contribution in [2.75, 3.05) is 11.4 Å². The Kier molecular flexibility index (Phi) is 3.82. The molecule has 0 bridgehead atoms. The summed E-state index contributed by atoms with van der Waals surface area (Å²) in [5, 5.41) is 9.37. The van der Waals surface area contributed by atoms with E-state index in [0.717, 1.165) is 18.5 Å². The lowest BCUT2D eigenvalue weighted by atomic mass is 9.98. The molecule has 1 N–H and O–H groups in total. The standard InChI is InChI=1S/C18H24N2O3/c1-12-11-13-7-4-5-8-14(13)20(12)18(2,3)17(23)19-10-6-9-15(19)16(21)22/h4-5,7-8,12,15H,6,9-11H2,1-3H3,(H,21,22). The Morgan fingerprint density at radius 3 is 2.65 bits per heavy atom. The number of likely N-dealkylation sites (tertiary alicyclic amines) is 1. The number of carbonyl (C=O) groups is 2. The Morgan fingerprint density at radius 2 is 1.96 bits per heavy atom. The second-order valence-corrected chi connectivity index (χ2v) is 7.11. The second-order valence-electron chi connectivity index (χ2n) is 7.11. The van der Waals surface area contributed by atoms with Crippen LogP contribution in [0.25, 0.3) is 0 Å². The van der Waals surface area contributed by atoms with Gasteiger partial charge in [-0.2, -0.15) is 0 Å². The van der Waals surface area contributed by atoms with Gasteiger partial charge in [0.05, 0.1) is 0 Å². The first-order chi connectivity index (χ1) is 10.8. The Hall–Kier alpha value is -2.04. The summed E-state index contributed by atoms with van der Waals surface area (Å²) in [5.74, 6) is -0.993. The summed E-state index contributed by atoms with van der Waals surface area (Å²) < 4.78 is 0. The van der Waals surface area contributed by atoms with Gasteiger partial charge in [-0.25, -0.2) is 4.79 Å². The maximum Gasteiger partial charge on any atom is 0.326 e. The summed E-state index contributed by atoms with van der Waals surface area (Å²) in [6, 6.07) is 7.69. The molecule has 2 atom stereocenters. The minimum absolute atomic E-state index is 0.0917. The Balaban J connectivity index is 1.92. The third kappa shape index (κ3) is 2.48. The van der Waals surface area contributed by atoms with Crippen molar-refractivity contribution in [1.29, 1.82) is 0 Å². The van der Waals surface area contributed by atoms with Crippen molar-refractivity contribution in [2.45, 2.75) is 57.7 Å². The number of fused-ring (bicyclic) bond motifs is 1. The second kappa shape index (κ2) is 5.55. The summed E-state index contributed by atoms with van der Waals surface area (Å²) in [6.45, 7) is 6.47. The molecule has 0 saturated carbocycles. The smallest absolute Gasteiger partial charge is 0.326 e. The number of rotatable bonds is 3. The summed E-state index contributed by atoms with van der Waals surface area (Å²) in [4.78, 5) is 28.3. The highest BCUT2D eigenvalue weighted by molar-refractivity contribution is 5.93. The molecule has 5 nitrogen and oxygen atoms in total. The molecule has 1 saturated heterocycles. The number of carboxylic acid groups (broad SMARTS) is 1. The fourth-order valence-corrected chi connectivity index (χ4v) is 4.14. The van der Waals surface area contributed by atoms with Gasteiger partial charge in [0.25, 0.3) is 0 Å². The molecule has 2 heterocycles.